The standard InChI is InChI=1S/C18H23N3O2/c1-2-9-21(8-1)17(18-6-4-10-23-18)11-20-16-13-22-12-15-14(16)5-3-7-19-15/h3-7,10,16-17,20H,1-2,8-9,11-13H2. The van der Waals surface area contributed by atoms with Gasteiger partial charge in [-0.15, -0.1) is 0 Å². The van der Waals surface area contributed by atoms with E-state index in [4.69, 9.17) is 9.15 Å². The van der Waals surface area contributed by atoms with E-state index in [1.165, 1.54) is 18.4 Å². The van der Waals surface area contributed by atoms with E-state index in [9.17, 15) is 0 Å². The first-order valence-electron chi connectivity index (χ1n) is 8.44. The lowest BCUT2D eigenvalue weighted by Crippen LogP contribution is -2.38. The Labute approximate surface area is 136 Å². The van der Waals surface area contributed by atoms with Gasteiger partial charge < -0.3 is 14.5 Å². The van der Waals surface area contributed by atoms with Crippen LogP contribution in [-0.2, 0) is 11.3 Å². The van der Waals surface area contributed by atoms with Crippen molar-refractivity contribution in [2.75, 3.05) is 26.2 Å². The molecule has 1 fully saturated rings. The van der Waals surface area contributed by atoms with Crippen LogP contribution >= 0.6 is 0 Å². The number of hydrogen-bond donors (Lipinski definition) is 1. The molecule has 0 bridgehead atoms. The van der Waals surface area contributed by atoms with Gasteiger partial charge in [0.15, 0.2) is 0 Å². The highest BCUT2D eigenvalue weighted by Gasteiger charge is 2.28. The molecule has 1 saturated heterocycles. The predicted molar refractivity (Wildman–Crippen MR) is 86.9 cm³/mol. The van der Waals surface area contributed by atoms with Crippen LogP contribution in [0.1, 0.15) is 41.9 Å². The topological polar surface area (TPSA) is 50.5 Å². The molecule has 0 amide bonds. The Morgan fingerprint density at radius 3 is 3.00 bits per heavy atom. The number of rotatable bonds is 5. The third-order valence-corrected chi connectivity index (χ3v) is 4.83. The number of furan rings is 1. The number of pyridine rings is 1. The maximum Gasteiger partial charge on any atom is 0.122 e. The number of likely N-dealkylation sites (tertiary alicyclic amines) is 1. The molecular formula is C18H23N3O2. The minimum absolute atomic E-state index is 0.201. The number of fused-ring (bicyclic) bond motifs is 1. The van der Waals surface area contributed by atoms with Crippen LogP contribution in [0.3, 0.4) is 0 Å². The molecule has 5 nitrogen and oxygen atoms in total. The van der Waals surface area contributed by atoms with E-state index in [2.05, 4.69) is 27.3 Å². The maximum absolute atomic E-state index is 5.70. The van der Waals surface area contributed by atoms with E-state index >= 15 is 0 Å². The third kappa shape index (κ3) is 3.17. The van der Waals surface area contributed by atoms with E-state index in [1.54, 1.807) is 6.26 Å². The number of ether oxygens (including phenoxy) is 1. The summed E-state index contributed by atoms with van der Waals surface area (Å²) in [6, 6.07) is 8.70. The van der Waals surface area contributed by atoms with Crippen LogP contribution in [0, 0.1) is 0 Å². The summed E-state index contributed by atoms with van der Waals surface area (Å²) >= 11 is 0. The van der Waals surface area contributed by atoms with E-state index in [0.717, 1.165) is 31.1 Å². The number of nitrogens with zero attached hydrogens (tertiary/aromatic N) is 2. The quantitative estimate of drug-likeness (QED) is 0.920. The summed E-state index contributed by atoms with van der Waals surface area (Å²) in [4.78, 5) is 6.94. The van der Waals surface area contributed by atoms with Crippen LogP contribution in [0.25, 0.3) is 0 Å². The van der Waals surface area contributed by atoms with Gasteiger partial charge in [-0.05, 0) is 49.7 Å². The SMILES string of the molecule is c1coc(C(CNC2COCc3ncccc32)N2CCCC2)c1. The van der Waals surface area contributed by atoms with Crippen LogP contribution in [0.4, 0.5) is 0 Å². The molecule has 23 heavy (non-hydrogen) atoms. The van der Waals surface area contributed by atoms with Crippen LogP contribution in [0.15, 0.2) is 41.1 Å². The smallest absolute Gasteiger partial charge is 0.122 e. The van der Waals surface area contributed by atoms with E-state index in [0.29, 0.717) is 13.2 Å². The zero-order valence-corrected chi connectivity index (χ0v) is 13.3. The number of nitrogens with one attached hydrogen (secondary N) is 1. The van der Waals surface area contributed by atoms with Gasteiger partial charge in [-0.3, -0.25) is 9.88 Å². The lowest BCUT2D eigenvalue weighted by Gasteiger charge is -2.30. The van der Waals surface area contributed by atoms with Gasteiger partial charge >= 0.3 is 0 Å². The Bertz CT molecular complexity index is 623. The van der Waals surface area contributed by atoms with Crippen molar-refractivity contribution in [1.82, 2.24) is 15.2 Å². The Morgan fingerprint density at radius 2 is 2.17 bits per heavy atom. The average Bonchev–Trinajstić information content (AvgIpc) is 3.29. The Kier molecular flexibility index (Phi) is 4.41. The van der Waals surface area contributed by atoms with E-state index < -0.39 is 0 Å². The van der Waals surface area contributed by atoms with Gasteiger partial charge in [-0.1, -0.05) is 6.07 Å². The van der Waals surface area contributed by atoms with Gasteiger partial charge in [-0.2, -0.15) is 0 Å². The van der Waals surface area contributed by atoms with Gasteiger partial charge in [0.2, 0.25) is 0 Å². The average molecular weight is 313 g/mol. The third-order valence-electron chi connectivity index (χ3n) is 4.83. The van der Waals surface area contributed by atoms with Gasteiger partial charge in [0, 0.05) is 12.7 Å². The first kappa shape index (κ1) is 14.9. The second-order valence-corrected chi connectivity index (χ2v) is 6.29. The molecule has 2 aliphatic rings. The molecule has 0 radical (unpaired) electrons. The highest BCUT2D eigenvalue weighted by Crippen LogP contribution is 2.27. The van der Waals surface area contributed by atoms with Crippen molar-refractivity contribution in [3.8, 4) is 0 Å². The first-order valence-corrected chi connectivity index (χ1v) is 8.44. The molecule has 1 N–H and O–H groups in total. The maximum atomic E-state index is 5.70. The summed E-state index contributed by atoms with van der Waals surface area (Å²) in [5, 5.41) is 3.68. The van der Waals surface area contributed by atoms with Gasteiger partial charge in [0.1, 0.15) is 5.76 Å². The fourth-order valence-corrected chi connectivity index (χ4v) is 3.62. The highest BCUT2D eigenvalue weighted by atomic mass is 16.5. The zero-order chi connectivity index (χ0) is 15.5. The molecule has 2 aromatic rings. The lowest BCUT2D eigenvalue weighted by atomic mass is 10.0. The highest BCUT2D eigenvalue weighted by molar-refractivity contribution is 5.25. The van der Waals surface area contributed by atoms with Crippen LogP contribution in [0.5, 0.6) is 0 Å². The van der Waals surface area contributed by atoms with Crippen molar-refractivity contribution in [3.63, 3.8) is 0 Å². The molecule has 2 unspecified atom stereocenters. The normalized spacial score (nSPS) is 22.9. The molecule has 0 spiro atoms. The molecule has 4 heterocycles. The Morgan fingerprint density at radius 1 is 1.26 bits per heavy atom. The minimum atomic E-state index is 0.201. The molecule has 0 saturated carbocycles. The predicted octanol–water partition coefficient (Wildman–Crippen LogP) is 2.67. The van der Waals surface area contributed by atoms with Crippen molar-refractivity contribution in [2.24, 2.45) is 0 Å². The Balaban J connectivity index is 1.48. The summed E-state index contributed by atoms with van der Waals surface area (Å²) in [5.41, 5.74) is 2.31. The van der Waals surface area contributed by atoms with Gasteiger partial charge in [0.25, 0.3) is 0 Å². The molecule has 4 rings (SSSR count). The summed E-state index contributed by atoms with van der Waals surface area (Å²) < 4.78 is 11.4. The summed E-state index contributed by atoms with van der Waals surface area (Å²) in [6.45, 7) is 4.46. The molecule has 2 aliphatic heterocycles. The van der Waals surface area contributed by atoms with Crippen LogP contribution < -0.4 is 5.32 Å². The van der Waals surface area contributed by atoms with Crippen LogP contribution in [-0.4, -0.2) is 36.1 Å². The fourth-order valence-electron chi connectivity index (χ4n) is 3.62. The number of hydrogen-bond acceptors (Lipinski definition) is 5. The molecular weight excluding hydrogens is 290 g/mol. The summed E-state index contributed by atoms with van der Waals surface area (Å²) in [7, 11) is 0. The van der Waals surface area contributed by atoms with Crippen molar-refractivity contribution in [3.05, 3.63) is 53.7 Å². The van der Waals surface area contributed by atoms with E-state index in [1.807, 2.05) is 18.3 Å². The largest absolute Gasteiger partial charge is 0.468 e. The second kappa shape index (κ2) is 6.83. The molecule has 0 aromatic carbocycles. The van der Waals surface area contributed by atoms with Crippen molar-refractivity contribution >= 4 is 0 Å². The fraction of sp³-hybridized carbons (Fsp3) is 0.500. The summed E-state index contributed by atoms with van der Waals surface area (Å²) in [5.74, 6) is 1.04. The van der Waals surface area contributed by atoms with Crippen molar-refractivity contribution < 1.29 is 9.15 Å². The first-order chi connectivity index (χ1) is 11.4. The van der Waals surface area contributed by atoms with Crippen LogP contribution in [0.2, 0.25) is 0 Å². The van der Waals surface area contributed by atoms with Gasteiger partial charge in [-0.25, -0.2) is 0 Å². The summed E-state index contributed by atoms with van der Waals surface area (Å²) in [6.07, 6.45) is 6.15. The van der Waals surface area contributed by atoms with Crippen molar-refractivity contribution in [2.45, 2.75) is 31.5 Å². The molecule has 2 atom stereocenters. The molecule has 0 aliphatic carbocycles. The molecule has 2 aromatic heterocycles. The molecule has 5 heteroatoms. The lowest BCUT2D eigenvalue weighted by molar-refractivity contribution is 0.0753. The van der Waals surface area contributed by atoms with Gasteiger partial charge in [0.05, 0.1) is 37.3 Å². The monoisotopic (exact) mass is 313 g/mol. The Hall–Kier alpha value is -1.69. The van der Waals surface area contributed by atoms with E-state index in [-0.39, 0.29) is 12.1 Å². The zero-order valence-electron chi connectivity index (χ0n) is 13.3. The second-order valence-electron chi connectivity index (χ2n) is 6.29. The number of aromatic nitrogens is 1. The van der Waals surface area contributed by atoms with Crippen molar-refractivity contribution in [1.29, 1.82) is 0 Å². The molecule has 122 valence electrons. The minimum Gasteiger partial charge on any atom is -0.468 e.